The predicted molar refractivity (Wildman–Crippen MR) is 84.1 cm³/mol. The molecule has 0 aliphatic carbocycles. The van der Waals surface area contributed by atoms with E-state index in [1.807, 2.05) is 80.6 Å². The maximum atomic E-state index is 13.5. The minimum atomic E-state index is -2.57. The normalized spacial score (nSPS) is 12.4. The smallest absolute Gasteiger partial charge is 0.147 e. The summed E-state index contributed by atoms with van der Waals surface area (Å²) in [5.41, 5.74) is 1.16. The van der Waals surface area contributed by atoms with Crippen LogP contribution in [0.15, 0.2) is 72.3 Å². The minimum absolute atomic E-state index is 0.609. The van der Waals surface area contributed by atoms with Crippen LogP contribution in [0.3, 0.4) is 0 Å². The maximum Gasteiger partial charge on any atom is 0.147 e. The van der Waals surface area contributed by atoms with Crippen molar-refractivity contribution < 1.29 is 4.57 Å². The molecule has 0 radical (unpaired) electrons. The lowest BCUT2D eigenvalue weighted by Crippen LogP contribution is -2.18. The van der Waals surface area contributed by atoms with Crippen molar-refractivity contribution in [3.63, 3.8) is 0 Å². The molecular weight excluding hydrogens is 251 g/mol. The van der Waals surface area contributed by atoms with Gasteiger partial charge in [-0.15, -0.1) is 0 Å². The molecule has 0 aliphatic heterocycles. The first-order valence-electron chi connectivity index (χ1n) is 6.49. The van der Waals surface area contributed by atoms with Gasteiger partial charge in [0.15, 0.2) is 0 Å². The van der Waals surface area contributed by atoms with Crippen LogP contribution in [-0.4, -0.2) is 6.16 Å². The molecule has 1 nitrogen and oxygen atoms in total. The fraction of sp³-hybridized carbons (Fsp3) is 0.176. The Balaban J connectivity index is 2.54. The van der Waals surface area contributed by atoms with Gasteiger partial charge in [0, 0.05) is 16.8 Å². The van der Waals surface area contributed by atoms with Gasteiger partial charge in [-0.2, -0.15) is 0 Å². The molecule has 0 aliphatic rings. The highest BCUT2D eigenvalue weighted by Gasteiger charge is 2.26. The van der Waals surface area contributed by atoms with Crippen LogP contribution in [0.2, 0.25) is 0 Å². The van der Waals surface area contributed by atoms with E-state index in [9.17, 15) is 4.57 Å². The van der Waals surface area contributed by atoms with Crippen LogP contribution in [0.5, 0.6) is 0 Å². The Morgan fingerprint density at radius 3 is 1.74 bits per heavy atom. The lowest BCUT2D eigenvalue weighted by atomic mass is 10.3. The summed E-state index contributed by atoms with van der Waals surface area (Å²) in [6, 6.07) is 19.6. The first-order chi connectivity index (χ1) is 9.16. The van der Waals surface area contributed by atoms with Gasteiger partial charge in [0.05, 0.1) is 0 Å². The van der Waals surface area contributed by atoms with Gasteiger partial charge in [0.1, 0.15) is 7.14 Å². The van der Waals surface area contributed by atoms with E-state index in [0.717, 1.165) is 16.2 Å². The molecule has 0 bridgehead atoms. The molecule has 0 saturated heterocycles. The molecule has 98 valence electrons. The van der Waals surface area contributed by atoms with E-state index >= 15 is 0 Å². The lowest BCUT2D eigenvalue weighted by molar-refractivity contribution is 0.588. The zero-order valence-corrected chi connectivity index (χ0v) is 12.3. The quantitative estimate of drug-likeness (QED) is 0.607. The third-order valence-electron chi connectivity index (χ3n) is 3.31. The van der Waals surface area contributed by atoms with E-state index in [4.69, 9.17) is 0 Å². The highest BCUT2D eigenvalue weighted by molar-refractivity contribution is 7.78. The molecule has 19 heavy (non-hydrogen) atoms. The fourth-order valence-corrected chi connectivity index (χ4v) is 4.97. The molecule has 0 saturated carbocycles. The SMILES string of the molecule is C/C=C(\C)CP(=O)(c1ccccc1)c1ccccc1. The van der Waals surface area contributed by atoms with Crippen LogP contribution < -0.4 is 10.6 Å². The Bertz CT molecular complexity index is 556. The molecule has 0 fully saturated rings. The Kier molecular flexibility index (Phi) is 4.39. The molecular formula is C17H19OP. The standard InChI is InChI=1S/C17H19OP/c1-3-15(2)14-19(18,16-10-6-4-7-11-16)17-12-8-5-9-13-17/h3-13H,14H2,1-2H3/b15-3+. The summed E-state index contributed by atoms with van der Waals surface area (Å²) in [5, 5.41) is 1.87. The third-order valence-corrected chi connectivity index (χ3v) is 6.52. The average Bonchev–Trinajstić information content (AvgIpc) is 2.48. The summed E-state index contributed by atoms with van der Waals surface area (Å²) in [5.74, 6) is 0. The van der Waals surface area contributed by atoms with Crippen LogP contribution in [-0.2, 0) is 4.57 Å². The Morgan fingerprint density at radius 2 is 1.37 bits per heavy atom. The Labute approximate surface area is 115 Å². The zero-order chi connectivity index (χ0) is 13.7. The average molecular weight is 270 g/mol. The summed E-state index contributed by atoms with van der Waals surface area (Å²) in [7, 11) is -2.57. The first-order valence-corrected chi connectivity index (χ1v) is 8.38. The van der Waals surface area contributed by atoms with E-state index in [0.29, 0.717) is 6.16 Å². The molecule has 0 N–H and O–H groups in total. The molecule has 2 aromatic carbocycles. The topological polar surface area (TPSA) is 17.1 Å². The van der Waals surface area contributed by atoms with Gasteiger partial charge in [-0.25, -0.2) is 0 Å². The first kappa shape index (κ1) is 13.8. The van der Waals surface area contributed by atoms with Crippen LogP contribution in [0.1, 0.15) is 13.8 Å². The van der Waals surface area contributed by atoms with Gasteiger partial charge in [-0.3, -0.25) is 0 Å². The minimum Gasteiger partial charge on any atom is -0.313 e. The molecule has 0 atom stereocenters. The highest BCUT2D eigenvalue weighted by Crippen LogP contribution is 2.44. The van der Waals surface area contributed by atoms with Crippen molar-refractivity contribution in [3.8, 4) is 0 Å². The molecule has 2 aromatic rings. The van der Waals surface area contributed by atoms with E-state index in [-0.39, 0.29) is 0 Å². The van der Waals surface area contributed by atoms with Gasteiger partial charge >= 0.3 is 0 Å². The molecule has 0 spiro atoms. The van der Waals surface area contributed by atoms with Crippen molar-refractivity contribution in [2.45, 2.75) is 13.8 Å². The molecule has 0 heterocycles. The second-order valence-corrected chi connectivity index (χ2v) is 7.53. The summed E-state index contributed by atoms with van der Waals surface area (Å²) in [4.78, 5) is 0. The van der Waals surface area contributed by atoms with Crippen LogP contribution in [0, 0.1) is 0 Å². The monoisotopic (exact) mass is 270 g/mol. The second kappa shape index (κ2) is 6.04. The van der Waals surface area contributed by atoms with E-state index in [1.54, 1.807) is 0 Å². The second-order valence-electron chi connectivity index (χ2n) is 4.70. The fourth-order valence-electron chi connectivity index (χ4n) is 2.11. The Hall–Kier alpha value is -1.59. The van der Waals surface area contributed by atoms with Gasteiger partial charge in [-0.1, -0.05) is 72.3 Å². The van der Waals surface area contributed by atoms with Crippen LogP contribution in [0.25, 0.3) is 0 Å². The lowest BCUT2D eigenvalue weighted by Gasteiger charge is -2.19. The van der Waals surface area contributed by atoms with Gasteiger partial charge < -0.3 is 4.57 Å². The van der Waals surface area contributed by atoms with Gasteiger partial charge in [-0.05, 0) is 13.8 Å². The summed E-state index contributed by atoms with van der Waals surface area (Å²) < 4.78 is 13.5. The van der Waals surface area contributed by atoms with E-state index < -0.39 is 7.14 Å². The van der Waals surface area contributed by atoms with Crippen LogP contribution in [0.4, 0.5) is 0 Å². The van der Waals surface area contributed by atoms with Crippen molar-refractivity contribution in [2.24, 2.45) is 0 Å². The molecule has 0 unspecified atom stereocenters. The van der Waals surface area contributed by atoms with E-state index in [2.05, 4.69) is 0 Å². The van der Waals surface area contributed by atoms with Crippen molar-refractivity contribution in [2.75, 3.05) is 6.16 Å². The highest BCUT2D eigenvalue weighted by atomic mass is 31.2. The maximum absolute atomic E-state index is 13.5. The molecule has 2 heteroatoms. The predicted octanol–water partition coefficient (Wildman–Crippen LogP) is 3.97. The van der Waals surface area contributed by atoms with Crippen molar-refractivity contribution in [1.82, 2.24) is 0 Å². The number of rotatable bonds is 4. The summed E-state index contributed by atoms with van der Waals surface area (Å²) in [6.45, 7) is 4.04. The molecule has 0 aromatic heterocycles. The number of hydrogen-bond donors (Lipinski definition) is 0. The summed E-state index contributed by atoms with van der Waals surface area (Å²) >= 11 is 0. The van der Waals surface area contributed by atoms with Gasteiger partial charge in [0.25, 0.3) is 0 Å². The zero-order valence-electron chi connectivity index (χ0n) is 11.4. The van der Waals surface area contributed by atoms with Crippen molar-refractivity contribution >= 4 is 17.8 Å². The molecule has 2 rings (SSSR count). The number of benzene rings is 2. The number of allylic oxidation sites excluding steroid dienone is 2. The summed E-state index contributed by atoms with van der Waals surface area (Å²) in [6.07, 6.45) is 2.65. The van der Waals surface area contributed by atoms with Crippen LogP contribution >= 0.6 is 7.14 Å². The van der Waals surface area contributed by atoms with E-state index in [1.165, 1.54) is 0 Å². The third kappa shape index (κ3) is 3.05. The van der Waals surface area contributed by atoms with Crippen molar-refractivity contribution in [1.29, 1.82) is 0 Å². The van der Waals surface area contributed by atoms with Gasteiger partial charge in [0.2, 0.25) is 0 Å². The largest absolute Gasteiger partial charge is 0.313 e. The Morgan fingerprint density at radius 1 is 0.947 bits per heavy atom. The molecule has 0 amide bonds. The van der Waals surface area contributed by atoms with Crippen molar-refractivity contribution in [3.05, 3.63) is 72.3 Å². The number of hydrogen-bond acceptors (Lipinski definition) is 1.